The number of allylic oxidation sites excluding steroid dienone is 1. The number of esters is 1. The molecule has 4 heterocycles. The summed E-state index contributed by atoms with van der Waals surface area (Å²) in [6, 6.07) is 6.04. The molecule has 0 aliphatic carbocycles. The van der Waals surface area contributed by atoms with Gasteiger partial charge in [0.2, 0.25) is 0 Å². The van der Waals surface area contributed by atoms with Crippen molar-refractivity contribution in [2.24, 2.45) is 10.9 Å². The van der Waals surface area contributed by atoms with E-state index in [1.165, 1.54) is 23.5 Å². The van der Waals surface area contributed by atoms with Gasteiger partial charge in [-0.2, -0.15) is 0 Å². The van der Waals surface area contributed by atoms with Crippen molar-refractivity contribution < 1.29 is 28.2 Å². The zero-order chi connectivity index (χ0) is 28.4. The molecule has 2 N–H and O–H groups in total. The van der Waals surface area contributed by atoms with Gasteiger partial charge in [-0.15, -0.1) is 11.3 Å². The molecule has 9 nitrogen and oxygen atoms in total. The second kappa shape index (κ2) is 11.7. The SMILES string of the molecule is CCOC(=O)C1=C(C2CCN(c3cccc(C(=O)O)n3)CC2)NC(c2nccs2)=NC1c1ccc(F)c(F)c1Cl. The van der Waals surface area contributed by atoms with Crippen LogP contribution in [0.25, 0.3) is 0 Å². The maximum absolute atomic E-state index is 14.6. The minimum atomic E-state index is -1.22. The number of nitrogens with zero attached hydrogens (tertiary/aromatic N) is 4. The van der Waals surface area contributed by atoms with Gasteiger partial charge in [0.05, 0.1) is 17.2 Å². The molecule has 208 valence electrons. The molecule has 0 saturated carbocycles. The van der Waals surface area contributed by atoms with Gasteiger partial charge >= 0.3 is 11.9 Å². The lowest BCUT2D eigenvalue weighted by atomic mass is 9.85. The maximum Gasteiger partial charge on any atom is 0.354 e. The number of aromatic nitrogens is 2. The van der Waals surface area contributed by atoms with E-state index < -0.39 is 34.6 Å². The minimum absolute atomic E-state index is 0.0450. The molecular formula is C27H24ClF2N5O4S. The molecule has 1 saturated heterocycles. The summed E-state index contributed by atoms with van der Waals surface area (Å²) in [5.41, 5.74) is 0.802. The predicted octanol–water partition coefficient (Wildman–Crippen LogP) is 4.99. The first-order chi connectivity index (χ1) is 19.3. The van der Waals surface area contributed by atoms with Crippen LogP contribution in [-0.2, 0) is 9.53 Å². The summed E-state index contributed by atoms with van der Waals surface area (Å²) in [4.78, 5) is 40.0. The van der Waals surface area contributed by atoms with Crippen LogP contribution in [-0.4, -0.2) is 52.5 Å². The lowest BCUT2D eigenvalue weighted by Gasteiger charge is -2.37. The molecule has 0 radical (unpaired) electrons. The number of carboxylic acid groups (broad SMARTS) is 1. The summed E-state index contributed by atoms with van der Waals surface area (Å²) in [6.07, 6.45) is 2.77. The summed E-state index contributed by atoms with van der Waals surface area (Å²) in [5.74, 6) is -3.33. The molecule has 0 spiro atoms. The Balaban J connectivity index is 1.54. The molecule has 13 heteroatoms. The van der Waals surface area contributed by atoms with Crippen molar-refractivity contribution in [2.45, 2.75) is 25.8 Å². The summed E-state index contributed by atoms with van der Waals surface area (Å²) < 4.78 is 33.9. The van der Waals surface area contributed by atoms with Crippen molar-refractivity contribution in [1.82, 2.24) is 15.3 Å². The van der Waals surface area contributed by atoms with Crippen LogP contribution in [0.15, 0.2) is 58.2 Å². The number of amidine groups is 1. The monoisotopic (exact) mass is 587 g/mol. The van der Waals surface area contributed by atoms with E-state index in [9.17, 15) is 23.5 Å². The molecule has 2 aromatic heterocycles. The highest BCUT2D eigenvalue weighted by molar-refractivity contribution is 7.11. The zero-order valence-corrected chi connectivity index (χ0v) is 22.8. The van der Waals surface area contributed by atoms with E-state index in [2.05, 4.69) is 20.3 Å². The van der Waals surface area contributed by atoms with Crippen molar-refractivity contribution in [1.29, 1.82) is 0 Å². The maximum atomic E-state index is 14.6. The molecule has 1 aromatic carbocycles. The van der Waals surface area contributed by atoms with Crippen LogP contribution in [0.3, 0.4) is 0 Å². The first-order valence-corrected chi connectivity index (χ1v) is 13.8. The third-order valence-corrected chi connectivity index (χ3v) is 7.91. The smallest absolute Gasteiger partial charge is 0.354 e. The van der Waals surface area contributed by atoms with Gasteiger partial charge in [-0.3, -0.25) is 4.99 Å². The molecule has 2 aliphatic rings. The molecule has 40 heavy (non-hydrogen) atoms. The standard InChI is InChI=1S/C27H24ClF2N5O4S/c1-2-39-27(38)19-22(14-8-11-35(12-9-14)18-5-3-4-17(32-18)26(36)37)33-24(25-31-10-13-40-25)34-23(19)15-6-7-16(29)21(30)20(15)28/h3-7,10,13-14,23H,2,8-9,11-12H2,1H3,(H,33,34)(H,36,37). The third-order valence-electron chi connectivity index (χ3n) is 6.75. The number of hydrogen-bond donors (Lipinski definition) is 2. The van der Waals surface area contributed by atoms with Crippen molar-refractivity contribution in [3.05, 3.63) is 86.1 Å². The Bertz CT molecular complexity index is 1510. The molecule has 2 aliphatic heterocycles. The van der Waals surface area contributed by atoms with Crippen molar-refractivity contribution >= 4 is 46.5 Å². The Labute approximate surface area is 237 Å². The average molecular weight is 588 g/mol. The number of pyridine rings is 1. The van der Waals surface area contributed by atoms with Crippen molar-refractivity contribution in [3.63, 3.8) is 0 Å². The number of aliphatic imine (C=N–C) groups is 1. The van der Waals surface area contributed by atoms with Crippen LogP contribution < -0.4 is 10.2 Å². The van der Waals surface area contributed by atoms with Crippen molar-refractivity contribution in [3.8, 4) is 0 Å². The van der Waals surface area contributed by atoms with Gasteiger partial charge in [0.25, 0.3) is 0 Å². The van der Waals surface area contributed by atoms with E-state index in [1.54, 1.807) is 30.6 Å². The van der Waals surface area contributed by atoms with Crippen LogP contribution >= 0.6 is 22.9 Å². The number of nitrogens with one attached hydrogen (secondary N) is 1. The molecule has 1 atom stereocenters. The number of thiazole rings is 1. The van der Waals surface area contributed by atoms with Gasteiger partial charge in [0.1, 0.15) is 11.9 Å². The van der Waals surface area contributed by atoms with E-state index >= 15 is 0 Å². The van der Waals surface area contributed by atoms with E-state index in [1.807, 2.05) is 4.90 Å². The van der Waals surface area contributed by atoms with E-state index in [0.29, 0.717) is 48.3 Å². The molecule has 0 amide bonds. The van der Waals surface area contributed by atoms with Gasteiger partial charge in [-0.25, -0.2) is 28.3 Å². The number of carbonyl (C=O) groups excluding carboxylic acids is 1. The topological polar surface area (TPSA) is 117 Å². The van der Waals surface area contributed by atoms with Gasteiger partial charge in [-0.1, -0.05) is 23.7 Å². The first-order valence-electron chi connectivity index (χ1n) is 12.5. The van der Waals surface area contributed by atoms with E-state index in [4.69, 9.17) is 16.3 Å². The highest BCUT2D eigenvalue weighted by Crippen LogP contribution is 2.41. The summed E-state index contributed by atoms with van der Waals surface area (Å²) in [6.45, 7) is 2.83. The van der Waals surface area contributed by atoms with Gasteiger partial charge in [0.15, 0.2) is 28.2 Å². The Morgan fingerprint density at radius 1 is 1.23 bits per heavy atom. The Morgan fingerprint density at radius 3 is 2.67 bits per heavy atom. The number of carboxylic acids is 1. The van der Waals surface area contributed by atoms with Crippen LogP contribution in [0.2, 0.25) is 5.02 Å². The molecule has 5 rings (SSSR count). The van der Waals surface area contributed by atoms with Gasteiger partial charge in [0, 0.05) is 41.8 Å². The fourth-order valence-corrected chi connectivity index (χ4v) is 5.71. The molecule has 1 fully saturated rings. The quantitative estimate of drug-likeness (QED) is 0.293. The third kappa shape index (κ3) is 5.41. The number of anilines is 1. The number of aromatic carboxylic acids is 1. The summed E-state index contributed by atoms with van der Waals surface area (Å²) in [5, 5.41) is 14.5. The number of halogens is 3. The minimum Gasteiger partial charge on any atom is -0.477 e. The highest BCUT2D eigenvalue weighted by Gasteiger charge is 2.38. The molecular weight excluding hydrogens is 564 g/mol. The Hall–Kier alpha value is -3.90. The summed E-state index contributed by atoms with van der Waals surface area (Å²) >= 11 is 7.59. The fourth-order valence-electron chi connectivity index (χ4n) is 4.86. The van der Waals surface area contributed by atoms with Gasteiger partial charge in [-0.05, 0) is 38.0 Å². The number of carbonyl (C=O) groups is 2. The number of piperidine rings is 1. The lowest BCUT2D eigenvalue weighted by Crippen LogP contribution is -2.41. The molecule has 0 bridgehead atoms. The molecule has 1 unspecified atom stereocenters. The summed E-state index contributed by atoms with van der Waals surface area (Å²) in [7, 11) is 0. The number of rotatable bonds is 7. The predicted molar refractivity (Wildman–Crippen MR) is 146 cm³/mol. The van der Waals surface area contributed by atoms with E-state index in [-0.39, 0.29) is 29.4 Å². The largest absolute Gasteiger partial charge is 0.477 e. The molecule has 3 aromatic rings. The number of benzene rings is 1. The van der Waals surface area contributed by atoms with E-state index in [0.717, 1.165) is 6.07 Å². The fraction of sp³-hybridized carbons (Fsp3) is 0.296. The second-order valence-electron chi connectivity index (χ2n) is 9.10. The van der Waals surface area contributed by atoms with Crippen LogP contribution in [0.1, 0.15) is 46.9 Å². The lowest BCUT2D eigenvalue weighted by molar-refractivity contribution is -0.139. The van der Waals surface area contributed by atoms with Crippen molar-refractivity contribution in [2.75, 3.05) is 24.6 Å². The first kappa shape index (κ1) is 27.7. The zero-order valence-electron chi connectivity index (χ0n) is 21.2. The normalized spacial score (nSPS) is 17.9. The van der Waals surface area contributed by atoms with Gasteiger partial charge < -0.3 is 20.1 Å². The number of hydrogen-bond acceptors (Lipinski definition) is 9. The number of ether oxygens (including phenoxy) is 1. The van der Waals surface area contributed by atoms with Crippen LogP contribution in [0.4, 0.5) is 14.6 Å². The van der Waals surface area contributed by atoms with Crippen LogP contribution in [0, 0.1) is 17.6 Å². The average Bonchev–Trinajstić information content (AvgIpc) is 3.51. The Morgan fingerprint density at radius 2 is 2.00 bits per heavy atom. The Kier molecular flexibility index (Phi) is 8.08. The van der Waals surface area contributed by atoms with Crippen LogP contribution in [0.5, 0.6) is 0 Å². The highest BCUT2D eigenvalue weighted by atomic mass is 35.5. The second-order valence-corrected chi connectivity index (χ2v) is 10.4.